The summed E-state index contributed by atoms with van der Waals surface area (Å²) in [5, 5.41) is 0. The van der Waals surface area contributed by atoms with Gasteiger partial charge < -0.3 is 4.90 Å². The summed E-state index contributed by atoms with van der Waals surface area (Å²) in [6.45, 7) is 0. The first kappa shape index (κ1) is 33.9. The number of hydrogen-bond acceptors (Lipinski definition) is 1. The maximum atomic E-state index is 2.35. The Morgan fingerprint density at radius 2 is 0.408 bits per heavy atom. The summed E-state index contributed by atoms with van der Waals surface area (Å²) in [6, 6.07) is 53.5. The number of rotatable bonds is 9. The van der Waals surface area contributed by atoms with Crippen LogP contribution in [-0.2, 0) is 0 Å². The molecule has 0 bridgehead atoms. The first-order valence-corrected chi connectivity index (χ1v) is 17.0. The Balaban J connectivity index is 1.33. The van der Waals surface area contributed by atoms with E-state index >= 15 is 0 Å². The van der Waals surface area contributed by atoms with Gasteiger partial charge in [0.2, 0.25) is 0 Å². The average molecular weight is 648 g/mol. The first-order chi connectivity index (χ1) is 23.2. The quantitative estimate of drug-likeness (QED) is 0.141. The SMILES string of the molecule is C[N+](C)(C)c1ccc(-c2ccc(N(c3ccc(-c4ccc([N+](C)(C)C)cc4)cc3)c3ccc(-c4ccc([N+](C)(C)C)cc4)cc3)cc2)cc1. The normalized spacial score (nSPS) is 12.2. The molecule has 0 amide bonds. The third-order valence-corrected chi connectivity index (χ3v) is 9.30. The second-order valence-electron chi connectivity index (χ2n) is 15.7. The van der Waals surface area contributed by atoms with Crippen LogP contribution < -0.4 is 18.3 Å². The Kier molecular flexibility index (Phi) is 9.08. The van der Waals surface area contributed by atoms with Crippen molar-refractivity contribution in [2.24, 2.45) is 0 Å². The molecule has 0 heterocycles. The van der Waals surface area contributed by atoms with Crippen molar-refractivity contribution in [1.29, 1.82) is 0 Å². The lowest BCUT2D eigenvalue weighted by atomic mass is 10.0. The zero-order valence-corrected chi connectivity index (χ0v) is 30.6. The zero-order valence-electron chi connectivity index (χ0n) is 30.6. The van der Waals surface area contributed by atoms with E-state index in [1.54, 1.807) is 0 Å². The fraction of sp³-hybridized carbons (Fsp3) is 0.200. The predicted octanol–water partition coefficient (Wildman–Crippen LogP) is 10.7. The zero-order chi connectivity index (χ0) is 35.0. The second-order valence-corrected chi connectivity index (χ2v) is 15.7. The van der Waals surface area contributed by atoms with Crippen LogP contribution in [0.1, 0.15) is 0 Å². The van der Waals surface area contributed by atoms with E-state index in [4.69, 9.17) is 0 Å². The summed E-state index contributed by atoms with van der Waals surface area (Å²) in [4.78, 5) is 2.35. The first-order valence-electron chi connectivity index (χ1n) is 17.0. The van der Waals surface area contributed by atoms with E-state index < -0.39 is 0 Å². The fourth-order valence-corrected chi connectivity index (χ4v) is 6.16. The Morgan fingerprint density at radius 1 is 0.245 bits per heavy atom. The molecule has 6 aromatic carbocycles. The molecule has 0 aliphatic rings. The minimum Gasteiger partial charge on any atom is -0.311 e. The molecular formula is C45H51N4+3. The maximum absolute atomic E-state index is 2.35. The molecule has 0 atom stereocenters. The molecule has 6 aromatic rings. The highest BCUT2D eigenvalue weighted by molar-refractivity contribution is 5.81. The smallest absolute Gasteiger partial charge is 0.132 e. The third kappa shape index (κ3) is 7.68. The molecule has 0 N–H and O–H groups in total. The van der Waals surface area contributed by atoms with Gasteiger partial charge in [-0.05, 0) is 143 Å². The molecule has 0 spiro atoms. The average Bonchev–Trinajstić information content (AvgIpc) is 3.08. The van der Waals surface area contributed by atoms with Gasteiger partial charge in [-0.25, -0.2) is 0 Å². The van der Waals surface area contributed by atoms with Gasteiger partial charge in [0.15, 0.2) is 0 Å². The van der Waals surface area contributed by atoms with Crippen LogP contribution in [-0.4, -0.2) is 63.4 Å². The van der Waals surface area contributed by atoms with E-state index in [2.05, 4.69) is 214 Å². The molecule has 0 unspecified atom stereocenters. The van der Waals surface area contributed by atoms with Crippen LogP contribution in [0.15, 0.2) is 146 Å². The number of hydrogen-bond donors (Lipinski definition) is 0. The van der Waals surface area contributed by atoms with Crippen molar-refractivity contribution in [3.8, 4) is 33.4 Å². The Bertz CT molecular complexity index is 1750. The fourth-order valence-electron chi connectivity index (χ4n) is 6.16. The molecule has 49 heavy (non-hydrogen) atoms. The lowest BCUT2D eigenvalue weighted by Gasteiger charge is -2.26. The summed E-state index contributed by atoms with van der Waals surface area (Å²) in [5.74, 6) is 0. The van der Waals surface area contributed by atoms with Crippen LogP contribution in [0.4, 0.5) is 34.1 Å². The Morgan fingerprint density at radius 3 is 0.571 bits per heavy atom. The van der Waals surface area contributed by atoms with Crippen LogP contribution in [0.2, 0.25) is 0 Å². The van der Waals surface area contributed by atoms with Crippen molar-refractivity contribution in [2.75, 3.05) is 68.3 Å². The highest BCUT2D eigenvalue weighted by Crippen LogP contribution is 2.38. The van der Waals surface area contributed by atoms with Crippen molar-refractivity contribution >= 4 is 34.1 Å². The van der Waals surface area contributed by atoms with Crippen molar-refractivity contribution in [1.82, 2.24) is 13.4 Å². The largest absolute Gasteiger partial charge is 0.311 e. The third-order valence-electron chi connectivity index (χ3n) is 9.30. The summed E-state index contributed by atoms with van der Waals surface area (Å²) < 4.78 is 2.40. The summed E-state index contributed by atoms with van der Waals surface area (Å²) >= 11 is 0. The number of nitrogens with zero attached hydrogens (tertiary/aromatic N) is 4. The predicted molar refractivity (Wildman–Crippen MR) is 216 cm³/mol. The monoisotopic (exact) mass is 647 g/mol. The van der Waals surface area contributed by atoms with Crippen LogP contribution in [0, 0.1) is 0 Å². The molecule has 248 valence electrons. The van der Waals surface area contributed by atoms with Crippen molar-refractivity contribution in [3.05, 3.63) is 146 Å². The molecule has 0 aliphatic carbocycles. The molecule has 0 saturated heterocycles. The van der Waals surface area contributed by atoms with E-state index in [-0.39, 0.29) is 0 Å². The van der Waals surface area contributed by atoms with E-state index in [0.717, 1.165) is 30.5 Å². The summed E-state index contributed by atoms with van der Waals surface area (Å²) in [5.41, 5.74) is 14.5. The van der Waals surface area contributed by atoms with Crippen LogP contribution in [0.25, 0.3) is 33.4 Å². The Labute approximate surface area is 294 Å². The molecule has 4 heteroatoms. The minimum absolute atomic E-state index is 0.800. The second kappa shape index (κ2) is 13.1. The maximum Gasteiger partial charge on any atom is 0.132 e. The summed E-state index contributed by atoms with van der Waals surface area (Å²) in [6.07, 6.45) is 0. The standard InChI is InChI=1S/C45H51N4/c1-47(2,3)43-28-16-37(17-29-43)34-10-22-40(23-11-34)46(41-24-12-35(13-25-41)38-18-30-44(31-19-38)48(4,5)6)42-26-14-36(15-27-42)39-20-32-45(33-21-39)49(7,8)9/h10-33H,1-9H3/q+3. The highest BCUT2D eigenvalue weighted by Gasteiger charge is 2.17. The van der Waals surface area contributed by atoms with Crippen LogP contribution in [0.3, 0.4) is 0 Å². The van der Waals surface area contributed by atoms with E-state index in [9.17, 15) is 0 Å². The van der Waals surface area contributed by atoms with Gasteiger partial charge in [-0.3, -0.25) is 13.4 Å². The van der Waals surface area contributed by atoms with Gasteiger partial charge in [0.1, 0.15) is 17.1 Å². The molecule has 0 radical (unpaired) electrons. The number of quaternary nitrogens is 3. The number of anilines is 3. The van der Waals surface area contributed by atoms with Gasteiger partial charge in [-0.15, -0.1) is 0 Å². The van der Waals surface area contributed by atoms with Gasteiger partial charge in [0.05, 0.1) is 63.4 Å². The van der Waals surface area contributed by atoms with Gasteiger partial charge >= 0.3 is 0 Å². The van der Waals surface area contributed by atoms with E-state index in [1.807, 2.05) is 0 Å². The molecular weight excluding hydrogens is 597 g/mol. The number of benzene rings is 6. The van der Waals surface area contributed by atoms with E-state index in [1.165, 1.54) is 50.4 Å². The molecule has 0 aromatic heterocycles. The Hall–Kier alpha value is -5.00. The van der Waals surface area contributed by atoms with Gasteiger partial charge in [0, 0.05) is 17.1 Å². The van der Waals surface area contributed by atoms with Gasteiger partial charge in [0.25, 0.3) is 0 Å². The molecule has 0 aliphatic heterocycles. The topological polar surface area (TPSA) is 3.24 Å². The molecule has 4 nitrogen and oxygen atoms in total. The van der Waals surface area contributed by atoms with Gasteiger partial charge in [-0.2, -0.15) is 0 Å². The van der Waals surface area contributed by atoms with Crippen molar-refractivity contribution < 1.29 is 0 Å². The highest BCUT2D eigenvalue weighted by atomic mass is 15.3. The van der Waals surface area contributed by atoms with Crippen LogP contribution >= 0.6 is 0 Å². The van der Waals surface area contributed by atoms with Crippen molar-refractivity contribution in [3.63, 3.8) is 0 Å². The molecule has 6 rings (SSSR count). The van der Waals surface area contributed by atoms with Gasteiger partial charge in [-0.1, -0.05) is 36.4 Å². The van der Waals surface area contributed by atoms with Crippen molar-refractivity contribution in [2.45, 2.75) is 0 Å². The molecule has 0 fully saturated rings. The van der Waals surface area contributed by atoms with E-state index in [0.29, 0.717) is 0 Å². The lowest BCUT2D eigenvalue weighted by molar-refractivity contribution is 0.486. The molecule has 0 saturated carbocycles. The lowest BCUT2D eigenvalue weighted by Crippen LogP contribution is -2.34. The van der Waals surface area contributed by atoms with Crippen LogP contribution in [0.5, 0.6) is 0 Å². The minimum atomic E-state index is 0.800. The summed E-state index contributed by atoms with van der Waals surface area (Å²) in [7, 11) is 19.8.